The molecule has 0 aliphatic heterocycles. The first-order chi connectivity index (χ1) is 11.3. The highest BCUT2D eigenvalue weighted by molar-refractivity contribution is 5.92. The minimum Gasteiger partial charge on any atom is -0.493 e. The lowest BCUT2D eigenvalue weighted by Crippen LogP contribution is -2.34. The topological polar surface area (TPSA) is 107 Å². The van der Waals surface area contributed by atoms with E-state index in [1.54, 1.807) is 0 Å². The van der Waals surface area contributed by atoms with Crippen molar-refractivity contribution in [3.8, 4) is 5.75 Å². The molecule has 0 aliphatic carbocycles. The van der Waals surface area contributed by atoms with Crippen molar-refractivity contribution < 1.29 is 9.57 Å². The molecule has 24 heavy (non-hydrogen) atoms. The van der Waals surface area contributed by atoms with E-state index in [1.165, 1.54) is 11.1 Å². The summed E-state index contributed by atoms with van der Waals surface area (Å²) in [6.45, 7) is 11.0. The summed E-state index contributed by atoms with van der Waals surface area (Å²) in [7, 11) is 0. The van der Waals surface area contributed by atoms with Crippen LogP contribution < -0.4 is 21.7 Å². The number of hydrogen-bond donors (Lipinski definition) is 3. The lowest BCUT2D eigenvalue weighted by molar-refractivity contribution is 0.0738. The Morgan fingerprint density at radius 3 is 2.42 bits per heavy atom. The molecule has 0 radical (unpaired) electrons. The zero-order valence-electron chi connectivity index (χ0n) is 15.2. The highest BCUT2D eigenvalue weighted by Gasteiger charge is 2.03. The molecule has 0 aromatic heterocycles. The Balaban J connectivity index is 2.28. The molecule has 0 unspecified atom stereocenters. The van der Waals surface area contributed by atoms with E-state index in [1.807, 2.05) is 20.8 Å². The Labute approximate surface area is 144 Å². The van der Waals surface area contributed by atoms with Crippen molar-refractivity contribution in [1.29, 1.82) is 0 Å². The molecule has 0 aliphatic rings. The van der Waals surface area contributed by atoms with Gasteiger partial charge >= 0.3 is 0 Å². The molecule has 7 nitrogen and oxygen atoms in total. The van der Waals surface area contributed by atoms with E-state index < -0.39 is 0 Å². The van der Waals surface area contributed by atoms with Crippen LogP contribution >= 0.6 is 0 Å². The van der Waals surface area contributed by atoms with Gasteiger partial charge in [-0.15, -0.1) is 0 Å². The first kappa shape index (κ1) is 19.8. The number of aryl methyl sites for hydroxylation is 3. The quantitative estimate of drug-likeness (QED) is 0.305. The summed E-state index contributed by atoms with van der Waals surface area (Å²) in [5.41, 5.74) is 17.4. The summed E-state index contributed by atoms with van der Waals surface area (Å²) >= 11 is 0. The number of nitrogens with one attached hydrogen (secondary N) is 1. The molecule has 1 rings (SSSR count). The first-order valence-corrected chi connectivity index (χ1v) is 8.05. The van der Waals surface area contributed by atoms with Gasteiger partial charge in [-0.1, -0.05) is 6.07 Å². The molecule has 0 saturated heterocycles. The highest BCUT2D eigenvalue weighted by Crippen LogP contribution is 2.22. The molecule has 0 saturated carbocycles. The number of hydrogen-bond acceptors (Lipinski definition) is 3. The van der Waals surface area contributed by atoms with Crippen LogP contribution in [-0.2, 0) is 4.84 Å². The number of nitrogens with zero attached hydrogens (tertiary/aromatic N) is 2. The van der Waals surface area contributed by atoms with Crippen LogP contribution in [0.25, 0.3) is 0 Å². The van der Waals surface area contributed by atoms with Crippen molar-refractivity contribution in [2.45, 2.75) is 47.1 Å². The average molecular weight is 335 g/mol. The summed E-state index contributed by atoms with van der Waals surface area (Å²) in [4.78, 5) is 13.1. The Hall–Kier alpha value is -2.28. The van der Waals surface area contributed by atoms with Crippen molar-refractivity contribution >= 4 is 11.9 Å². The second kappa shape index (κ2) is 9.77. The molecule has 7 heteroatoms. The van der Waals surface area contributed by atoms with Gasteiger partial charge in [0.15, 0.2) is 0 Å². The second-order valence-electron chi connectivity index (χ2n) is 5.93. The number of benzene rings is 1. The van der Waals surface area contributed by atoms with Crippen molar-refractivity contribution in [2.24, 2.45) is 21.5 Å². The van der Waals surface area contributed by atoms with Crippen molar-refractivity contribution in [3.63, 3.8) is 0 Å². The number of nitrogens with two attached hydrogens (primary N) is 2. The maximum absolute atomic E-state index is 5.78. The maximum Gasteiger partial charge on any atom is 0.221 e. The summed E-state index contributed by atoms with van der Waals surface area (Å²) < 4.78 is 5.78. The zero-order valence-corrected chi connectivity index (χ0v) is 15.2. The lowest BCUT2D eigenvalue weighted by Gasteiger charge is -2.12. The van der Waals surface area contributed by atoms with Crippen LogP contribution in [0.1, 0.15) is 37.0 Å². The van der Waals surface area contributed by atoms with Gasteiger partial charge in [0.2, 0.25) is 11.9 Å². The largest absolute Gasteiger partial charge is 0.493 e. The molecule has 1 aromatic carbocycles. The predicted molar refractivity (Wildman–Crippen MR) is 98.2 cm³/mol. The van der Waals surface area contributed by atoms with Gasteiger partial charge in [0, 0.05) is 12.5 Å². The number of guanidine groups is 2. The van der Waals surface area contributed by atoms with Gasteiger partial charge in [-0.05, 0) is 57.4 Å². The van der Waals surface area contributed by atoms with Crippen LogP contribution in [0, 0.1) is 20.8 Å². The molecule has 0 amide bonds. The summed E-state index contributed by atoms with van der Waals surface area (Å²) in [6.07, 6.45) is 0.711. The van der Waals surface area contributed by atoms with E-state index >= 15 is 0 Å². The average Bonchev–Trinajstić information content (AvgIpc) is 2.46. The molecular formula is C17H29N5O2. The van der Waals surface area contributed by atoms with Gasteiger partial charge in [-0.25, -0.2) is 10.5 Å². The van der Waals surface area contributed by atoms with Gasteiger partial charge in [-0.3, -0.25) is 4.84 Å². The van der Waals surface area contributed by atoms with Crippen LogP contribution in [0.5, 0.6) is 5.75 Å². The predicted octanol–water partition coefficient (Wildman–Crippen LogP) is 1.94. The van der Waals surface area contributed by atoms with Crippen molar-refractivity contribution in [3.05, 3.63) is 28.8 Å². The Kier molecular flexibility index (Phi) is 8.05. The Bertz CT molecular complexity index is 597. The molecule has 5 N–H and O–H groups in total. The SMILES string of the molecule is Cc1cc(C)c(OCCCON/C(N)=N\C(N)=NC(C)C)cc1C. The molecule has 1 aromatic rings. The molecule has 0 heterocycles. The number of hydroxylamine groups is 1. The first-order valence-electron chi connectivity index (χ1n) is 8.05. The summed E-state index contributed by atoms with van der Waals surface area (Å²) in [6, 6.07) is 4.25. The number of ether oxygens (including phenoxy) is 1. The van der Waals surface area contributed by atoms with Gasteiger partial charge in [0.25, 0.3) is 0 Å². The molecular weight excluding hydrogens is 306 g/mol. The standard InChI is InChI=1S/C17H29N5O2/c1-11(2)20-16(18)21-17(19)22-24-8-6-7-23-15-10-13(4)12(3)9-14(15)5/h9-11H,6-8H2,1-5H3,(H5,18,19,20,21,22). The minimum absolute atomic E-state index is 0.0634. The van der Waals surface area contributed by atoms with E-state index in [0.29, 0.717) is 19.6 Å². The van der Waals surface area contributed by atoms with Gasteiger partial charge in [0.1, 0.15) is 5.75 Å². The van der Waals surface area contributed by atoms with E-state index in [0.717, 1.165) is 11.3 Å². The monoisotopic (exact) mass is 335 g/mol. The van der Waals surface area contributed by atoms with E-state index in [2.05, 4.69) is 41.4 Å². The Morgan fingerprint density at radius 1 is 1.08 bits per heavy atom. The molecule has 0 bridgehead atoms. The molecule has 0 spiro atoms. The third-order valence-corrected chi connectivity index (χ3v) is 3.24. The summed E-state index contributed by atoms with van der Waals surface area (Å²) in [5.74, 6) is 1.10. The van der Waals surface area contributed by atoms with Gasteiger partial charge in [-0.2, -0.15) is 4.99 Å². The van der Waals surface area contributed by atoms with E-state index in [4.69, 9.17) is 21.0 Å². The van der Waals surface area contributed by atoms with Crippen molar-refractivity contribution in [2.75, 3.05) is 13.2 Å². The van der Waals surface area contributed by atoms with Crippen LogP contribution in [0.3, 0.4) is 0 Å². The smallest absolute Gasteiger partial charge is 0.221 e. The fraction of sp³-hybridized carbons (Fsp3) is 0.529. The lowest BCUT2D eigenvalue weighted by atomic mass is 10.1. The molecule has 0 fully saturated rings. The van der Waals surface area contributed by atoms with Crippen LogP contribution in [0.15, 0.2) is 22.1 Å². The Morgan fingerprint density at radius 2 is 1.75 bits per heavy atom. The second-order valence-corrected chi connectivity index (χ2v) is 5.93. The van der Waals surface area contributed by atoms with Crippen molar-refractivity contribution in [1.82, 2.24) is 5.48 Å². The van der Waals surface area contributed by atoms with E-state index in [9.17, 15) is 0 Å². The minimum atomic E-state index is 0.0634. The third kappa shape index (κ3) is 7.32. The molecule has 134 valence electrons. The fourth-order valence-corrected chi connectivity index (χ4v) is 1.97. The highest BCUT2D eigenvalue weighted by atomic mass is 16.6. The van der Waals surface area contributed by atoms with Crippen LogP contribution in [0.4, 0.5) is 0 Å². The van der Waals surface area contributed by atoms with E-state index in [-0.39, 0.29) is 18.0 Å². The normalized spacial score (nSPS) is 12.6. The maximum atomic E-state index is 5.78. The van der Waals surface area contributed by atoms with Crippen LogP contribution in [0.2, 0.25) is 0 Å². The third-order valence-electron chi connectivity index (χ3n) is 3.24. The fourth-order valence-electron chi connectivity index (χ4n) is 1.97. The molecule has 0 atom stereocenters. The zero-order chi connectivity index (χ0) is 18.1. The number of rotatable bonds is 7. The van der Waals surface area contributed by atoms with Gasteiger partial charge < -0.3 is 16.2 Å². The van der Waals surface area contributed by atoms with Crippen LogP contribution in [-0.4, -0.2) is 31.2 Å². The van der Waals surface area contributed by atoms with Gasteiger partial charge in [0.05, 0.1) is 13.2 Å². The summed E-state index contributed by atoms with van der Waals surface area (Å²) in [5, 5.41) is 0. The number of aliphatic imine (C=N–C) groups is 2.